The zero-order chi connectivity index (χ0) is 12.6. The summed E-state index contributed by atoms with van der Waals surface area (Å²) < 4.78 is 2.49. The Labute approximate surface area is 176 Å². The van der Waals surface area contributed by atoms with Gasteiger partial charge in [0.25, 0.3) is 0 Å². The summed E-state index contributed by atoms with van der Waals surface area (Å²) in [5, 5.41) is 22.2. The Hall–Kier alpha value is 1.24. The molecule has 3 aromatic heterocycles. The van der Waals surface area contributed by atoms with Gasteiger partial charge in [0.2, 0.25) is 0 Å². The van der Waals surface area contributed by atoms with Gasteiger partial charge in [-0.1, -0.05) is 22.7 Å². The molecular formula is C6H3KN6S6. The fourth-order valence-electron chi connectivity index (χ4n) is 0.633. The normalized spacial score (nSPS) is 9.26. The van der Waals surface area contributed by atoms with Crippen LogP contribution in [0.5, 0.6) is 0 Å². The first-order valence-electron chi connectivity index (χ1n) is 4.14. The summed E-state index contributed by atoms with van der Waals surface area (Å²) in [7, 11) is 3.11. The van der Waals surface area contributed by atoms with Crippen LogP contribution in [0.2, 0.25) is 0 Å². The maximum atomic E-state index is 4.59. The maximum Gasteiger partial charge on any atom is 1.00 e. The third-order valence-electron chi connectivity index (χ3n) is 1.20. The zero-order valence-electron chi connectivity index (χ0n) is 9.36. The molecule has 0 aliphatic rings. The largest absolute Gasteiger partial charge is 1.00 e. The summed E-state index contributed by atoms with van der Waals surface area (Å²) in [4.78, 5) is 0. The summed E-state index contributed by atoms with van der Waals surface area (Å²) in [6.07, 6.45) is 0. The first-order valence-corrected chi connectivity index (χ1v) is 9.34. The molecule has 0 aromatic carbocycles. The Morgan fingerprint density at radius 1 is 0.789 bits per heavy atom. The molecule has 0 spiro atoms. The molecule has 0 atom stereocenters. The van der Waals surface area contributed by atoms with E-state index in [1.807, 2.05) is 0 Å². The Kier molecular flexibility index (Phi) is 10.5. The molecule has 19 heavy (non-hydrogen) atoms. The van der Waals surface area contributed by atoms with Crippen molar-refractivity contribution in [1.29, 1.82) is 0 Å². The first kappa shape index (κ1) is 18.3. The van der Waals surface area contributed by atoms with Crippen molar-refractivity contribution in [2.45, 2.75) is 13.0 Å². The number of hydrogen-bond donors (Lipinski definition) is 0. The fourth-order valence-corrected chi connectivity index (χ4v) is 4.47. The van der Waals surface area contributed by atoms with Crippen LogP contribution in [0, 0.1) is 0 Å². The second-order valence-electron chi connectivity index (χ2n) is 2.28. The van der Waals surface area contributed by atoms with E-state index in [0.29, 0.717) is 4.34 Å². The van der Waals surface area contributed by atoms with Crippen LogP contribution in [0.4, 0.5) is 0 Å². The minimum Gasteiger partial charge on any atom is -0.406 e. The van der Waals surface area contributed by atoms with E-state index in [2.05, 4.69) is 43.2 Å². The fraction of sp³-hybridized carbons (Fsp3) is 0. The molecule has 0 fully saturated rings. The van der Waals surface area contributed by atoms with E-state index in [1.165, 1.54) is 34.0 Å². The summed E-state index contributed by atoms with van der Waals surface area (Å²) in [5.74, 6) is 0. The van der Waals surface area contributed by atoms with Crippen molar-refractivity contribution in [3.05, 3.63) is 16.5 Å². The molecule has 0 radical (unpaired) electrons. The van der Waals surface area contributed by atoms with Crippen molar-refractivity contribution >= 4 is 68.2 Å². The van der Waals surface area contributed by atoms with Gasteiger partial charge in [-0.2, -0.15) is 10.2 Å². The average molecular weight is 391 g/mol. The standard InChI is InChI=1S/C4H2N4S4.C2H2N2S2.K/c1-5-7-3(9-1)11-12-4-8-6-2-10-4;5-2-4-3-1-6-2;/h1-2H;1H,(H,4,5);/q;;+1/p-1. The van der Waals surface area contributed by atoms with Crippen LogP contribution in [0.1, 0.15) is 0 Å². The van der Waals surface area contributed by atoms with Gasteiger partial charge in [0.05, 0.1) is 0 Å². The predicted octanol–water partition coefficient (Wildman–Crippen LogP) is -0.363. The first-order chi connectivity index (χ1) is 8.84. The number of aromatic nitrogens is 6. The summed E-state index contributed by atoms with van der Waals surface area (Å²) >= 11 is 9.00. The van der Waals surface area contributed by atoms with Crippen LogP contribution in [0.15, 0.2) is 29.6 Å². The Balaban J connectivity index is 0.000000220. The molecule has 94 valence electrons. The molecule has 0 aliphatic heterocycles. The van der Waals surface area contributed by atoms with E-state index >= 15 is 0 Å². The predicted molar refractivity (Wildman–Crippen MR) is 77.1 cm³/mol. The van der Waals surface area contributed by atoms with Crippen molar-refractivity contribution in [2.24, 2.45) is 0 Å². The molecular weight excluding hydrogens is 388 g/mol. The SMILES string of the molecule is [K+].[S-]c1nncs1.c1nnc(SSc2nncs2)s1. The van der Waals surface area contributed by atoms with Crippen molar-refractivity contribution in [3.8, 4) is 0 Å². The van der Waals surface area contributed by atoms with Crippen LogP contribution in [0.3, 0.4) is 0 Å². The van der Waals surface area contributed by atoms with Crippen LogP contribution >= 0.6 is 55.6 Å². The monoisotopic (exact) mass is 390 g/mol. The third-order valence-corrected chi connectivity index (χ3v) is 6.46. The number of hydrogen-bond acceptors (Lipinski definition) is 12. The molecule has 3 heterocycles. The van der Waals surface area contributed by atoms with Gasteiger partial charge in [0.1, 0.15) is 11.0 Å². The molecule has 0 saturated carbocycles. The van der Waals surface area contributed by atoms with Crippen molar-refractivity contribution in [1.82, 2.24) is 30.6 Å². The molecule has 0 unspecified atom stereocenters. The number of rotatable bonds is 3. The average Bonchev–Trinajstić information content (AvgIpc) is 3.11. The van der Waals surface area contributed by atoms with Gasteiger partial charge in [-0.05, 0) is 25.9 Å². The van der Waals surface area contributed by atoms with E-state index in [-0.39, 0.29) is 51.4 Å². The molecule has 0 N–H and O–H groups in total. The third kappa shape index (κ3) is 7.70. The Morgan fingerprint density at radius 2 is 1.26 bits per heavy atom. The summed E-state index contributed by atoms with van der Waals surface area (Å²) in [5.41, 5.74) is 5.04. The number of nitrogens with zero attached hydrogens (tertiary/aromatic N) is 6. The smallest absolute Gasteiger partial charge is 0.406 e. The van der Waals surface area contributed by atoms with Crippen LogP contribution in [-0.4, -0.2) is 30.6 Å². The topological polar surface area (TPSA) is 77.3 Å². The van der Waals surface area contributed by atoms with Crippen LogP contribution in [0.25, 0.3) is 0 Å². The minimum atomic E-state index is 0. The van der Waals surface area contributed by atoms with E-state index in [9.17, 15) is 0 Å². The summed E-state index contributed by atoms with van der Waals surface area (Å²) in [6, 6.07) is 0. The minimum absolute atomic E-state index is 0. The molecule has 13 heteroatoms. The molecule has 0 bridgehead atoms. The Morgan fingerprint density at radius 3 is 1.53 bits per heavy atom. The van der Waals surface area contributed by atoms with Gasteiger partial charge in [-0.3, -0.25) is 0 Å². The van der Waals surface area contributed by atoms with Crippen molar-refractivity contribution in [3.63, 3.8) is 0 Å². The maximum absolute atomic E-state index is 4.59. The molecule has 6 nitrogen and oxygen atoms in total. The van der Waals surface area contributed by atoms with Gasteiger partial charge in [0, 0.05) is 5.51 Å². The molecule has 0 saturated heterocycles. The van der Waals surface area contributed by atoms with Crippen LogP contribution in [-0.2, 0) is 12.6 Å². The van der Waals surface area contributed by atoms with Gasteiger partial charge in [-0.15, -0.1) is 20.4 Å². The van der Waals surface area contributed by atoms with E-state index in [1.54, 1.807) is 38.1 Å². The van der Waals surface area contributed by atoms with Crippen molar-refractivity contribution < 1.29 is 51.4 Å². The summed E-state index contributed by atoms with van der Waals surface area (Å²) in [6.45, 7) is 0. The van der Waals surface area contributed by atoms with Gasteiger partial charge in [-0.25, -0.2) is 0 Å². The van der Waals surface area contributed by atoms with E-state index in [0.717, 1.165) is 8.68 Å². The van der Waals surface area contributed by atoms with E-state index < -0.39 is 0 Å². The zero-order valence-corrected chi connectivity index (χ0v) is 17.4. The van der Waals surface area contributed by atoms with E-state index in [4.69, 9.17) is 0 Å². The van der Waals surface area contributed by atoms with Crippen molar-refractivity contribution in [2.75, 3.05) is 0 Å². The van der Waals surface area contributed by atoms with Crippen LogP contribution < -0.4 is 51.4 Å². The molecule has 3 rings (SSSR count). The molecule has 3 aromatic rings. The Bertz CT molecular complexity index is 492. The molecule has 0 aliphatic carbocycles. The van der Waals surface area contributed by atoms with Gasteiger partial charge in [0.15, 0.2) is 8.68 Å². The van der Waals surface area contributed by atoms with Gasteiger partial charge >= 0.3 is 51.4 Å². The quantitative estimate of drug-likeness (QED) is 0.338. The molecule has 0 amide bonds. The second kappa shape index (κ2) is 10.9. The second-order valence-corrected chi connectivity index (χ2v) is 8.05. The van der Waals surface area contributed by atoms with Gasteiger partial charge < -0.3 is 24.0 Å².